The van der Waals surface area contributed by atoms with Crippen molar-refractivity contribution in [3.63, 3.8) is 0 Å². The monoisotopic (exact) mass is 222 g/mol. The van der Waals surface area contributed by atoms with Crippen LogP contribution < -0.4 is 0 Å². The van der Waals surface area contributed by atoms with Crippen molar-refractivity contribution in [1.29, 1.82) is 0 Å². The van der Waals surface area contributed by atoms with Crippen LogP contribution in [0.3, 0.4) is 0 Å². The molecule has 2 heterocycles. The summed E-state index contributed by atoms with van der Waals surface area (Å²) in [6.07, 6.45) is 3.98. The highest BCUT2D eigenvalue weighted by Crippen LogP contribution is 2.15. The SMILES string of the molecule is CCc1ccc(CN2CCCC(F)C2)nc1. The number of hydrogen-bond acceptors (Lipinski definition) is 2. The molecule has 1 aliphatic rings. The summed E-state index contributed by atoms with van der Waals surface area (Å²) in [5.41, 5.74) is 2.30. The maximum Gasteiger partial charge on any atom is 0.113 e. The molecule has 0 N–H and O–H groups in total. The van der Waals surface area contributed by atoms with Crippen LogP contribution in [0.5, 0.6) is 0 Å². The minimum Gasteiger partial charge on any atom is -0.295 e. The van der Waals surface area contributed by atoms with Gasteiger partial charge >= 0.3 is 0 Å². The Morgan fingerprint density at radius 3 is 3.00 bits per heavy atom. The topological polar surface area (TPSA) is 16.1 Å². The number of likely N-dealkylation sites (tertiary alicyclic amines) is 1. The smallest absolute Gasteiger partial charge is 0.113 e. The Hall–Kier alpha value is -0.960. The van der Waals surface area contributed by atoms with Crippen molar-refractivity contribution < 1.29 is 4.39 Å². The lowest BCUT2D eigenvalue weighted by Crippen LogP contribution is -2.35. The standard InChI is InChI=1S/C13H19FN2/c1-2-11-5-6-13(15-8-11)10-16-7-3-4-12(14)9-16/h5-6,8,12H,2-4,7,9-10H2,1H3. The molecule has 1 atom stereocenters. The molecule has 0 aromatic carbocycles. The summed E-state index contributed by atoms with van der Waals surface area (Å²) < 4.78 is 13.2. The Kier molecular flexibility index (Phi) is 3.88. The first-order chi connectivity index (χ1) is 7.78. The fourth-order valence-corrected chi connectivity index (χ4v) is 2.13. The summed E-state index contributed by atoms with van der Waals surface area (Å²) in [5, 5.41) is 0. The third kappa shape index (κ3) is 3.01. The number of rotatable bonds is 3. The van der Waals surface area contributed by atoms with Gasteiger partial charge in [-0.15, -0.1) is 0 Å². The van der Waals surface area contributed by atoms with Crippen molar-refractivity contribution in [3.05, 3.63) is 29.6 Å². The third-order valence-corrected chi connectivity index (χ3v) is 3.13. The Morgan fingerprint density at radius 2 is 2.38 bits per heavy atom. The molecule has 0 saturated carbocycles. The second kappa shape index (κ2) is 5.39. The molecule has 1 aromatic rings. The lowest BCUT2D eigenvalue weighted by Gasteiger charge is -2.28. The molecule has 2 rings (SSSR count). The molecule has 3 heteroatoms. The molecule has 0 amide bonds. The number of aryl methyl sites for hydroxylation is 1. The van der Waals surface area contributed by atoms with Crippen molar-refractivity contribution >= 4 is 0 Å². The minimum absolute atomic E-state index is 0.567. The molecule has 0 radical (unpaired) electrons. The van der Waals surface area contributed by atoms with Gasteiger partial charge in [0, 0.05) is 19.3 Å². The van der Waals surface area contributed by atoms with Crippen LogP contribution in [0.15, 0.2) is 18.3 Å². The summed E-state index contributed by atoms with van der Waals surface area (Å²) in [6, 6.07) is 4.17. The average molecular weight is 222 g/mol. The van der Waals surface area contributed by atoms with Gasteiger partial charge in [0.2, 0.25) is 0 Å². The van der Waals surface area contributed by atoms with Crippen molar-refractivity contribution in [1.82, 2.24) is 9.88 Å². The zero-order chi connectivity index (χ0) is 11.4. The molecule has 0 aliphatic carbocycles. The van der Waals surface area contributed by atoms with E-state index in [4.69, 9.17) is 0 Å². The number of aromatic nitrogens is 1. The summed E-state index contributed by atoms with van der Waals surface area (Å²) in [5.74, 6) is 0. The summed E-state index contributed by atoms with van der Waals surface area (Å²) in [4.78, 5) is 6.56. The second-order valence-electron chi connectivity index (χ2n) is 4.49. The first-order valence-corrected chi connectivity index (χ1v) is 6.08. The first-order valence-electron chi connectivity index (χ1n) is 6.08. The number of nitrogens with zero attached hydrogens (tertiary/aromatic N) is 2. The van der Waals surface area contributed by atoms with Gasteiger partial charge in [-0.1, -0.05) is 13.0 Å². The van der Waals surface area contributed by atoms with Gasteiger partial charge in [0.1, 0.15) is 6.17 Å². The van der Waals surface area contributed by atoms with Crippen molar-refractivity contribution in [2.75, 3.05) is 13.1 Å². The molecule has 1 unspecified atom stereocenters. The minimum atomic E-state index is -0.649. The number of pyridine rings is 1. The molecule has 1 fully saturated rings. The van der Waals surface area contributed by atoms with E-state index in [1.165, 1.54) is 5.56 Å². The van der Waals surface area contributed by atoms with Crippen LogP contribution >= 0.6 is 0 Å². The summed E-state index contributed by atoms with van der Waals surface area (Å²) >= 11 is 0. The van der Waals surface area contributed by atoms with E-state index in [1.54, 1.807) is 0 Å². The van der Waals surface area contributed by atoms with Gasteiger partial charge in [-0.2, -0.15) is 0 Å². The number of piperidine rings is 1. The highest BCUT2D eigenvalue weighted by Gasteiger charge is 2.19. The van der Waals surface area contributed by atoms with E-state index >= 15 is 0 Å². The molecule has 0 spiro atoms. The predicted octanol–water partition coefficient (Wildman–Crippen LogP) is 2.58. The maximum atomic E-state index is 13.2. The van der Waals surface area contributed by atoms with Gasteiger partial charge in [0.05, 0.1) is 5.69 Å². The summed E-state index contributed by atoms with van der Waals surface area (Å²) in [7, 11) is 0. The van der Waals surface area contributed by atoms with Gasteiger partial charge in [0.25, 0.3) is 0 Å². The number of hydrogen-bond donors (Lipinski definition) is 0. The molecular formula is C13H19FN2. The van der Waals surface area contributed by atoms with E-state index in [9.17, 15) is 4.39 Å². The molecule has 2 nitrogen and oxygen atoms in total. The van der Waals surface area contributed by atoms with Crippen molar-refractivity contribution in [2.24, 2.45) is 0 Å². The zero-order valence-electron chi connectivity index (χ0n) is 9.82. The fraction of sp³-hybridized carbons (Fsp3) is 0.615. The van der Waals surface area contributed by atoms with Crippen LogP contribution in [0.25, 0.3) is 0 Å². The van der Waals surface area contributed by atoms with E-state index in [2.05, 4.69) is 28.9 Å². The molecule has 1 saturated heterocycles. The van der Waals surface area contributed by atoms with Crippen molar-refractivity contribution in [3.8, 4) is 0 Å². The molecular weight excluding hydrogens is 203 g/mol. The predicted molar refractivity (Wildman–Crippen MR) is 63.0 cm³/mol. The first kappa shape index (κ1) is 11.5. The number of halogens is 1. The highest BCUT2D eigenvalue weighted by atomic mass is 19.1. The average Bonchev–Trinajstić information content (AvgIpc) is 2.30. The van der Waals surface area contributed by atoms with E-state index in [1.807, 2.05) is 6.20 Å². The van der Waals surface area contributed by atoms with E-state index < -0.39 is 6.17 Å². The van der Waals surface area contributed by atoms with Crippen LogP contribution in [-0.2, 0) is 13.0 Å². The van der Waals surface area contributed by atoms with Gasteiger partial charge in [-0.3, -0.25) is 9.88 Å². The van der Waals surface area contributed by atoms with Crippen LogP contribution in [0.2, 0.25) is 0 Å². The second-order valence-corrected chi connectivity index (χ2v) is 4.49. The molecule has 1 aliphatic heterocycles. The Balaban J connectivity index is 1.92. The third-order valence-electron chi connectivity index (χ3n) is 3.13. The van der Waals surface area contributed by atoms with Gasteiger partial charge in [-0.25, -0.2) is 4.39 Å². The number of alkyl halides is 1. The Morgan fingerprint density at radius 1 is 1.50 bits per heavy atom. The summed E-state index contributed by atoms with van der Waals surface area (Å²) in [6.45, 7) is 4.47. The van der Waals surface area contributed by atoms with Crippen molar-refractivity contribution in [2.45, 2.75) is 38.9 Å². The Bertz CT molecular complexity index is 323. The largest absolute Gasteiger partial charge is 0.295 e. The van der Waals surface area contributed by atoms with Gasteiger partial charge < -0.3 is 0 Å². The van der Waals surface area contributed by atoms with Gasteiger partial charge in [0.15, 0.2) is 0 Å². The van der Waals surface area contributed by atoms with E-state index in [-0.39, 0.29) is 0 Å². The lowest BCUT2D eigenvalue weighted by atomic mass is 10.1. The lowest BCUT2D eigenvalue weighted by molar-refractivity contribution is 0.132. The molecule has 1 aromatic heterocycles. The van der Waals surface area contributed by atoms with Crippen LogP contribution in [-0.4, -0.2) is 29.1 Å². The zero-order valence-corrected chi connectivity index (χ0v) is 9.82. The van der Waals surface area contributed by atoms with Crippen LogP contribution in [0.1, 0.15) is 31.0 Å². The Labute approximate surface area is 96.5 Å². The molecule has 0 bridgehead atoms. The van der Waals surface area contributed by atoms with Crippen LogP contribution in [0.4, 0.5) is 4.39 Å². The normalized spacial score (nSPS) is 22.2. The fourth-order valence-electron chi connectivity index (χ4n) is 2.13. The van der Waals surface area contributed by atoms with Crippen LogP contribution in [0, 0.1) is 0 Å². The van der Waals surface area contributed by atoms with E-state index in [0.29, 0.717) is 6.54 Å². The van der Waals surface area contributed by atoms with E-state index in [0.717, 1.165) is 38.0 Å². The molecule has 16 heavy (non-hydrogen) atoms. The quantitative estimate of drug-likeness (QED) is 0.781. The molecule has 88 valence electrons. The highest BCUT2D eigenvalue weighted by molar-refractivity contribution is 5.13. The van der Waals surface area contributed by atoms with Gasteiger partial charge in [-0.05, 0) is 37.4 Å². The maximum absolute atomic E-state index is 13.2.